The Morgan fingerprint density at radius 1 is 0.756 bits per heavy atom. The Bertz CT molecular complexity index is 1950. The molecule has 0 fully saturated rings. The van der Waals surface area contributed by atoms with Crippen LogP contribution in [0.3, 0.4) is 0 Å². The lowest BCUT2D eigenvalue weighted by atomic mass is 9.72. The van der Waals surface area contributed by atoms with Crippen LogP contribution >= 0.6 is 22.9 Å². The van der Waals surface area contributed by atoms with Crippen LogP contribution in [0.15, 0.2) is 120 Å². The van der Waals surface area contributed by atoms with Crippen molar-refractivity contribution in [2.45, 2.75) is 12.3 Å². The second-order valence-electron chi connectivity index (χ2n) is 10.2. The lowest BCUT2D eigenvalue weighted by Gasteiger charge is -2.30. The first-order valence-electron chi connectivity index (χ1n) is 13.1. The van der Waals surface area contributed by atoms with E-state index in [4.69, 9.17) is 11.6 Å². The Balaban J connectivity index is 1.70. The molecule has 2 aliphatic carbocycles. The Kier molecular flexibility index (Phi) is 5.72. The summed E-state index contributed by atoms with van der Waals surface area (Å²) in [6.07, 6.45) is 0. The van der Waals surface area contributed by atoms with E-state index < -0.39 is 22.7 Å². The maximum Gasteiger partial charge on any atom is 0.201 e. The lowest BCUT2D eigenvalue weighted by Crippen LogP contribution is -2.27. The van der Waals surface area contributed by atoms with E-state index in [1.165, 1.54) is 0 Å². The van der Waals surface area contributed by atoms with Crippen molar-refractivity contribution >= 4 is 34.3 Å². The maximum absolute atomic E-state index is 12.4. The minimum atomic E-state index is -1.22. The third-order valence-electron chi connectivity index (χ3n) is 8.00. The first kappa shape index (κ1) is 25.4. The van der Waals surface area contributed by atoms with Crippen molar-refractivity contribution in [3.8, 4) is 32.0 Å². The number of carbonyl (C=O) groups is 1. The second kappa shape index (κ2) is 9.23. The van der Waals surface area contributed by atoms with E-state index in [0.717, 1.165) is 50.1 Å². The number of aliphatic hydroxyl groups is 3. The third kappa shape index (κ3) is 3.43. The third-order valence-corrected chi connectivity index (χ3v) is 9.52. The van der Waals surface area contributed by atoms with Crippen molar-refractivity contribution in [1.82, 2.24) is 0 Å². The Morgan fingerprint density at radius 2 is 1.34 bits per heavy atom. The van der Waals surface area contributed by atoms with Gasteiger partial charge in [0.2, 0.25) is 5.76 Å². The molecule has 1 spiro atoms. The fraction of sp³-hybridized carbons (Fsp3) is 0.0571. The van der Waals surface area contributed by atoms with Crippen LogP contribution in [0.1, 0.15) is 29.2 Å². The topological polar surface area (TPSA) is 77.8 Å². The SMILES string of the molecule is CC(=O)/C(O)=C(/O)C1=C(O)C2(c3ccc(Cl)cc31)c1ccccc1-c1c(-c3ccccc3)sc(-c3ccccc3)c12. The summed E-state index contributed by atoms with van der Waals surface area (Å²) in [5.74, 6) is -2.38. The van der Waals surface area contributed by atoms with Gasteiger partial charge in [0.25, 0.3) is 0 Å². The van der Waals surface area contributed by atoms with Gasteiger partial charge < -0.3 is 15.3 Å². The van der Waals surface area contributed by atoms with E-state index in [9.17, 15) is 20.1 Å². The number of carbonyl (C=O) groups excluding carboxylic acids is 1. The molecule has 4 nitrogen and oxygen atoms in total. The molecule has 0 saturated heterocycles. The van der Waals surface area contributed by atoms with Crippen molar-refractivity contribution in [3.05, 3.63) is 148 Å². The fourth-order valence-corrected chi connectivity index (χ4v) is 7.89. The number of rotatable bonds is 4. The van der Waals surface area contributed by atoms with Crippen LogP contribution in [-0.2, 0) is 10.2 Å². The lowest BCUT2D eigenvalue weighted by molar-refractivity contribution is -0.116. The van der Waals surface area contributed by atoms with Gasteiger partial charge in [0.15, 0.2) is 11.5 Å². The zero-order chi connectivity index (χ0) is 28.5. The molecule has 1 unspecified atom stereocenters. The average Bonchev–Trinajstić information content (AvgIpc) is 3.61. The normalized spacial score (nSPS) is 17.3. The molecule has 0 aliphatic heterocycles. The molecule has 7 rings (SSSR count). The number of benzene rings is 4. The largest absolute Gasteiger partial charge is 0.510 e. The maximum atomic E-state index is 12.4. The molecule has 0 saturated carbocycles. The summed E-state index contributed by atoms with van der Waals surface area (Å²) < 4.78 is 0. The van der Waals surface area contributed by atoms with Gasteiger partial charge in [-0.2, -0.15) is 0 Å². The minimum absolute atomic E-state index is 0.00988. The molecular weight excluding hydrogens is 552 g/mol. The molecule has 6 heteroatoms. The van der Waals surface area contributed by atoms with Gasteiger partial charge in [-0.3, -0.25) is 4.79 Å². The molecule has 1 atom stereocenters. The number of ketones is 1. The van der Waals surface area contributed by atoms with Crippen LogP contribution in [0.4, 0.5) is 0 Å². The highest BCUT2D eigenvalue weighted by Gasteiger charge is 2.57. The van der Waals surface area contributed by atoms with Gasteiger partial charge in [0, 0.05) is 32.8 Å². The van der Waals surface area contributed by atoms with E-state index in [1.807, 2.05) is 60.7 Å². The van der Waals surface area contributed by atoms with E-state index >= 15 is 0 Å². The van der Waals surface area contributed by atoms with Crippen LogP contribution < -0.4 is 0 Å². The summed E-state index contributed by atoms with van der Waals surface area (Å²) in [6.45, 7) is 1.16. The number of hydrogen-bond donors (Lipinski definition) is 3. The highest BCUT2D eigenvalue weighted by atomic mass is 35.5. The average molecular weight is 575 g/mol. The number of allylic oxidation sites excluding steroid dienone is 3. The second-order valence-corrected chi connectivity index (χ2v) is 11.7. The number of fused-ring (bicyclic) bond motifs is 7. The zero-order valence-corrected chi connectivity index (χ0v) is 23.4. The fourth-order valence-electron chi connectivity index (χ4n) is 6.34. The number of hydrogen-bond acceptors (Lipinski definition) is 5. The number of thiophene rings is 1. The number of halogens is 1. The van der Waals surface area contributed by atoms with Gasteiger partial charge in [-0.05, 0) is 45.5 Å². The molecule has 41 heavy (non-hydrogen) atoms. The van der Waals surface area contributed by atoms with Crippen LogP contribution in [0.25, 0.3) is 37.6 Å². The van der Waals surface area contributed by atoms with Gasteiger partial charge >= 0.3 is 0 Å². The summed E-state index contributed by atoms with van der Waals surface area (Å²) in [7, 11) is 0. The number of aliphatic hydroxyl groups excluding tert-OH is 3. The molecule has 0 bridgehead atoms. The molecule has 1 heterocycles. The van der Waals surface area contributed by atoms with Crippen LogP contribution in [0.5, 0.6) is 0 Å². The predicted molar refractivity (Wildman–Crippen MR) is 164 cm³/mol. The summed E-state index contributed by atoms with van der Waals surface area (Å²) in [6, 6.07) is 33.5. The molecule has 1 aromatic heterocycles. The monoisotopic (exact) mass is 574 g/mol. The van der Waals surface area contributed by atoms with Crippen molar-refractivity contribution in [1.29, 1.82) is 0 Å². The van der Waals surface area contributed by atoms with Gasteiger partial charge in [-0.1, -0.05) is 103 Å². The highest BCUT2D eigenvalue weighted by molar-refractivity contribution is 7.19. The number of Topliss-reactive ketones (excluding diaryl/α,β-unsaturated/α-hetero) is 1. The van der Waals surface area contributed by atoms with E-state index in [-0.39, 0.29) is 11.3 Å². The molecule has 200 valence electrons. The summed E-state index contributed by atoms with van der Waals surface area (Å²) in [5, 5.41) is 34.7. The van der Waals surface area contributed by atoms with Crippen LogP contribution in [-0.4, -0.2) is 21.1 Å². The Hall–Kier alpha value is -4.58. The molecule has 5 aromatic rings. The van der Waals surface area contributed by atoms with E-state index in [1.54, 1.807) is 23.5 Å². The zero-order valence-electron chi connectivity index (χ0n) is 21.9. The highest BCUT2D eigenvalue weighted by Crippen LogP contribution is 2.67. The first-order chi connectivity index (χ1) is 19.9. The van der Waals surface area contributed by atoms with Crippen LogP contribution in [0, 0.1) is 0 Å². The first-order valence-corrected chi connectivity index (χ1v) is 14.3. The van der Waals surface area contributed by atoms with Crippen molar-refractivity contribution in [2.75, 3.05) is 0 Å². The van der Waals surface area contributed by atoms with Gasteiger partial charge in [-0.15, -0.1) is 11.3 Å². The Morgan fingerprint density at radius 3 is 2.00 bits per heavy atom. The molecular formula is C35H23ClO4S. The summed E-state index contributed by atoms with van der Waals surface area (Å²) >= 11 is 8.12. The molecule has 0 radical (unpaired) electrons. The summed E-state index contributed by atoms with van der Waals surface area (Å²) in [4.78, 5) is 14.2. The smallest absolute Gasteiger partial charge is 0.201 e. The van der Waals surface area contributed by atoms with Crippen molar-refractivity contribution in [2.24, 2.45) is 0 Å². The molecule has 0 amide bonds. The quantitative estimate of drug-likeness (QED) is 0.148. The van der Waals surface area contributed by atoms with Crippen molar-refractivity contribution in [3.63, 3.8) is 0 Å². The van der Waals surface area contributed by atoms with Crippen LogP contribution in [0.2, 0.25) is 5.02 Å². The van der Waals surface area contributed by atoms with E-state index in [0.29, 0.717) is 16.1 Å². The van der Waals surface area contributed by atoms with Gasteiger partial charge in [-0.25, -0.2) is 0 Å². The summed E-state index contributed by atoms with van der Waals surface area (Å²) in [5.41, 5.74) is 5.68. The standard InChI is InChI=1S/C35H23ClO4S/c1-19(37)30(38)31(39)28-24-18-22(36)16-17-26(24)35(34(28)40)25-15-9-8-14-23(25)27-29(35)33(21-12-6-3-7-13-21)41-32(27)20-10-4-2-5-11-20/h2-18,38-40H,1H3/b31-30-. The predicted octanol–water partition coefficient (Wildman–Crippen LogP) is 9.25. The van der Waals surface area contributed by atoms with Gasteiger partial charge in [0.05, 0.1) is 5.57 Å². The van der Waals surface area contributed by atoms with Crippen molar-refractivity contribution < 1.29 is 20.1 Å². The molecule has 4 aromatic carbocycles. The Labute approximate surface area is 245 Å². The van der Waals surface area contributed by atoms with E-state index in [2.05, 4.69) is 30.3 Å². The minimum Gasteiger partial charge on any atom is -0.510 e. The molecule has 3 N–H and O–H groups in total. The van der Waals surface area contributed by atoms with Gasteiger partial charge in [0.1, 0.15) is 11.2 Å². The molecule has 2 aliphatic rings.